The smallest absolute Gasteiger partial charge is 0.138 e. The van der Waals surface area contributed by atoms with E-state index in [1.54, 1.807) is 17.7 Å². The highest BCUT2D eigenvalue weighted by Crippen LogP contribution is 2.30. The first-order valence-corrected chi connectivity index (χ1v) is 7.50. The van der Waals surface area contributed by atoms with Gasteiger partial charge in [-0.25, -0.2) is 9.97 Å². The summed E-state index contributed by atoms with van der Waals surface area (Å²) < 4.78 is 0. The summed E-state index contributed by atoms with van der Waals surface area (Å²) in [6.45, 7) is 6.40. The molecule has 1 unspecified atom stereocenters. The number of nitrogens with one attached hydrogen (secondary N) is 1. The first-order valence-electron chi connectivity index (χ1n) is 6.68. The van der Waals surface area contributed by atoms with Gasteiger partial charge >= 0.3 is 0 Å². The van der Waals surface area contributed by atoms with Gasteiger partial charge in [-0.05, 0) is 38.0 Å². The van der Waals surface area contributed by atoms with Gasteiger partial charge in [0.25, 0.3) is 0 Å². The van der Waals surface area contributed by atoms with Crippen LogP contribution < -0.4 is 5.32 Å². The van der Waals surface area contributed by atoms with Crippen molar-refractivity contribution in [1.29, 1.82) is 0 Å². The molecule has 0 spiro atoms. The third-order valence-electron chi connectivity index (χ3n) is 3.46. The lowest BCUT2D eigenvalue weighted by Gasteiger charge is -2.17. The van der Waals surface area contributed by atoms with Gasteiger partial charge in [-0.1, -0.05) is 24.3 Å². The first-order chi connectivity index (χ1) is 9.65. The van der Waals surface area contributed by atoms with Gasteiger partial charge in [0, 0.05) is 4.88 Å². The summed E-state index contributed by atoms with van der Waals surface area (Å²) in [4.78, 5) is 11.0. The lowest BCUT2D eigenvalue weighted by molar-refractivity contribution is 0.866. The zero-order valence-electron chi connectivity index (χ0n) is 11.8. The van der Waals surface area contributed by atoms with Gasteiger partial charge in [0.2, 0.25) is 0 Å². The monoisotopic (exact) mass is 283 g/mol. The number of aryl methyl sites for hydroxylation is 2. The van der Waals surface area contributed by atoms with E-state index in [0.29, 0.717) is 0 Å². The number of fused-ring (bicyclic) bond motifs is 1. The fraction of sp³-hybridized carbons (Fsp3) is 0.250. The minimum Gasteiger partial charge on any atom is -0.363 e. The van der Waals surface area contributed by atoms with Crippen LogP contribution in [0, 0.1) is 13.8 Å². The normalized spacial score (nSPS) is 12.6. The van der Waals surface area contributed by atoms with Crippen molar-refractivity contribution in [3.05, 3.63) is 52.7 Å². The predicted molar refractivity (Wildman–Crippen MR) is 85.4 cm³/mol. The summed E-state index contributed by atoms with van der Waals surface area (Å²) in [5.41, 5.74) is 2.59. The van der Waals surface area contributed by atoms with E-state index in [-0.39, 0.29) is 6.04 Å². The van der Waals surface area contributed by atoms with Crippen molar-refractivity contribution in [2.24, 2.45) is 0 Å². The van der Waals surface area contributed by atoms with Gasteiger partial charge in [-0.2, -0.15) is 0 Å². The van der Waals surface area contributed by atoms with Crippen molar-refractivity contribution in [1.82, 2.24) is 9.97 Å². The van der Waals surface area contributed by atoms with Crippen LogP contribution in [0.4, 0.5) is 5.82 Å². The maximum Gasteiger partial charge on any atom is 0.138 e. The van der Waals surface area contributed by atoms with E-state index in [0.717, 1.165) is 16.0 Å². The molecule has 0 radical (unpaired) electrons. The SMILES string of the molecule is Cc1cc2c(NC(C)c3ccccc3C)ncnc2s1. The van der Waals surface area contributed by atoms with Gasteiger partial charge in [-0.15, -0.1) is 11.3 Å². The maximum absolute atomic E-state index is 4.40. The van der Waals surface area contributed by atoms with Crippen LogP contribution in [-0.4, -0.2) is 9.97 Å². The van der Waals surface area contributed by atoms with Crippen molar-refractivity contribution in [3.63, 3.8) is 0 Å². The number of anilines is 1. The molecule has 20 heavy (non-hydrogen) atoms. The highest BCUT2D eigenvalue weighted by molar-refractivity contribution is 7.18. The van der Waals surface area contributed by atoms with Crippen LogP contribution >= 0.6 is 11.3 Å². The number of rotatable bonds is 3. The van der Waals surface area contributed by atoms with Crippen molar-refractivity contribution in [2.45, 2.75) is 26.8 Å². The number of hydrogen-bond acceptors (Lipinski definition) is 4. The Balaban J connectivity index is 1.95. The van der Waals surface area contributed by atoms with E-state index < -0.39 is 0 Å². The van der Waals surface area contributed by atoms with Crippen molar-refractivity contribution < 1.29 is 0 Å². The van der Waals surface area contributed by atoms with E-state index in [4.69, 9.17) is 0 Å². The third-order valence-corrected chi connectivity index (χ3v) is 4.42. The molecule has 0 amide bonds. The molecule has 4 heteroatoms. The molecule has 0 aliphatic carbocycles. The van der Waals surface area contributed by atoms with Gasteiger partial charge in [0.1, 0.15) is 17.0 Å². The number of hydrogen-bond donors (Lipinski definition) is 1. The maximum atomic E-state index is 4.40. The van der Waals surface area contributed by atoms with E-state index >= 15 is 0 Å². The van der Waals surface area contributed by atoms with E-state index in [1.807, 2.05) is 0 Å². The van der Waals surface area contributed by atoms with Gasteiger partial charge < -0.3 is 5.32 Å². The molecule has 0 saturated heterocycles. The summed E-state index contributed by atoms with van der Waals surface area (Å²) >= 11 is 1.70. The summed E-state index contributed by atoms with van der Waals surface area (Å²) in [5.74, 6) is 0.912. The van der Waals surface area contributed by atoms with Gasteiger partial charge in [0.05, 0.1) is 11.4 Å². The molecule has 2 aromatic heterocycles. The molecule has 0 saturated carbocycles. The summed E-state index contributed by atoms with van der Waals surface area (Å²) in [6.07, 6.45) is 1.63. The number of thiophene rings is 1. The van der Waals surface area contributed by atoms with Gasteiger partial charge in [0.15, 0.2) is 0 Å². The Labute approximate surface area is 122 Å². The Hall–Kier alpha value is -1.94. The Bertz CT molecular complexity index is 748. The number of nitrogens with zero attached hydrogens (tertiary/aromatic N) is 2. The largest absolute Gasteiger partial charge is 0.363 e. The van der Waals surface area contributed by atoms with E-state index in [1.165, 1.54) is 16.0 Å². The lowest BCUT2D eigenvalue weighted by atomic mass is 10.0. The second-order valence-corrected chi connectivity index (χ2v) is 6.26. The highest BCUT2D eigenvalue weighted by atomic mass is 32.1. The Morgan fingerprint density at radius 1 is 1.15 bits per heavy atom. The van der Waals surface area contributed by atoms with Crippen LogP contribution in [0.25, 0.3) is 10.2 Å². The van der Waals surface area contributed by atoms with Crippen LogP contribution in [0.15, 0.2) is 36.7 Å². The molecule has 1 atom stereocenters. The minimum absolute atomic E-state index is 0.217. The summed E-state index contributed by atoms with van der Waals surface area (Å²) in [6, 6.07) is 10.8. The quantitative estimate of drug-likeness (QED) is 0.770. The zero-order chi connectivity index (χ0) is 14.1. The molecule has 2 heterocycles. The standard InChI is InChI=1S/C16H17N3S/c1-10-6-4-5-7-13(10)12(3)19-15-14-8-11(2)20-16(14)18-9-17-15/h4-9,12H,1-3H3,(H,17,18,19). The summed E-state index contributed by atoms with van der Waals surface area (Å²) in [7, 11) is 0. The molecule has 0 bridgehead atoms. The van der Waals surface area contributed by atoms with Crippen LogP contribution in [0.1, 0.15) is 29.0 Å². The van der Waals surface area contributed by atoms with Crippen LogP contribution in [0.5, 0.6) is 0 Å². The van der Waals surface area contributed by atoms with E-state index in [9.17, 15) is 0 Å². The molecule has 1 aromatic carbocycles. The minimum atomic E-state index is 0.217. The van der Waals surface area contributed by atoms with Crippen LogP contribution in [0.2, 0.25) is 0 Å². The molecule has 102 valence electrons. The molecule has 3 aromatic rings. The first kappa shape index (κ1) is 13.1. The summed E-state index contributed by atoms with van der Waals surface area (Å²) in [5, 5.41) is 4.62. The molecule has 3 nitrogen and oxygen atoms in total. The van der Waals surface area contributed by atoms with Crippen LogP contribution in [-0.2, 0) is 0 Å². The molecular weight excluding hydrogens is 266 g/mol. The molecule has 3 rings (SSSR count). The molecular formula is C16H17N3S. The van der Waals surface area contributed by atoms with Crippen molar-refractivity contribution >= 4 is 27.4 Å². The molecule has 0 fully saturated rings. The predicted octanol–water partition coefficient (Wildman–Crippen LogP) is 4.48. The molecule has 0 aliphatic rings. The Morgan fingerprint density at radius 3 is 2.75 bits per heavy atom. The molecule has 0 aliphatic heterocycles. The average molecular weight is 283 g/mol. The second kappa shape index (κ2) is 5.21. The fourth-order valence-electron chi connectivity index (χ4n) is 2.45. The highest BCUT2D eigenvalue weighted by Gasteiger charge is 2.12. The topological polar surface area (TPSA) is 37.8 Å². The zero-order valence-corrected chi connectivity index (χ0v) is 12.7. The van der Waals surface area contributed by atoms with Crippen molar-refractivity contribution in [3.8, 4) is 0 Å². The second-order valence-electron chi connectivity index (χ2n) is 5.02. The average Bonchev–Trinajstić information content (AvgIpc) is 2.80. The molecule has 1 N–H and O–H groups in total. The van der Waals surface area contributed by atoms with E-state index in [2.05, 4.69) is 66.4 Å². The number of benzene rings is 1. The Morgan fingerprint density at radius 2 is 1.95 bits per heavy atom. The van der Waals surface area contributed by atoms with Gasteiger partial charge in [-0.3, -0.25) is 0 Å². The Kier molecular flexibility index (Phi) is 3.40. The van der Waals surface area contributed by atoms with Crippen LogP contribution in [0.3, 0.4) is 0 Å². The van der Waals surface area contributed by atoms with Crippen molar-refractivity contribution in [2.75, 3.05) is 5.32 Å². The lowest BCUT2D eigenvalue weighted by Crippen LogP contribution is -2.09. The third kappa shape index (κ3) is 2.39. The number of aromatic nitrogens is 2. The fourth-order valence-corrected chi connectivity index (χ4v) is 3.29.